The minimum Gasteiger partial charge on any atom is -0.396 e. The number of benzene rings is 1. The molecule has 0 aliphatic heterocycles. The second-order valence-electron chi connectivity index (χ2n) is 7.58. The van der Waals surface area contributed by atoms with Crippen LogP contribution in [0.2, 0.25) is 0 Å². The van der Waals surface area contributed by atoms with Gasteiger partial charge in [0.15, 0.2) is 0 Å². The number of hydrogen-bond acceptors (Lipinski definition) is 5. The van der Waals surface area contributed by atoms with Gasteiger partial charge in [-0.3, -0.25) is 4.79 Å². The Morgan fingerprint density at radius 2 is 2.03 bits per heavy atom. The number of aliphatic hydroxyl groups is 1. The van der Waals surface area contributed by atoms with Crippen LogP contribution in [0.3, 0.4) is 0 Å². The molecule has 0 aliphatic rings. The quantitative estimate of drug-likeness (QED) is 0.403. The van der Waals surface area contributed by atoms with Crippen LogP contribution in [-0.2, 0) is 11.3 Å². The Bertz CT molecular complexity index is 1170. The number of rotatable bonds is 7. The minimum absolute atomic E-state index is 0.00717. The molecule has 8 nitrogen and oxygen atoms in total. The zero-order chi connectivity index (χ0) is 22.5. The summed E-state index contributed by atoms with van der Waals surface area (Å²) >= 11 is 0. The highest BCUT2D eigenvalue weighted by molar-refractivity contribution is 6.07. The molecule has 0 atom stereocenters. The van der Waals surface area contributed by atoms with Crippen molar-refractivity contribution < 1.29 is 9.90 Å². The van der Waals surface area contributed by atoms with Gasteiger partial charge in [-0.15, -0.1) is 0 Å². The Morgan fingerprint density at radius 1 is 1.32 bits per heavy atom. The lowest BCUT2D eigenvalue weighted by Crippen LogP contribution is -2.30. The monoisotopic (exact) mass is 418 g/mol. The van der Waals surface area contributed by atoms with Crippen molar-refractivity contribution in [1.29, 1.82) is 0 Å². The van der Waals surface area contributed by atoms with Crippen molar-refractivity contribution in [3.8, 4) is 11.1 Å². The first kappa shape index (κ1) is 22.0. The Labute approximate surface area is 181 Å². The number of nitrogens with zero attached hydrogens (tertiary/aromatic N) is 4. The number of nitrogens with two attached hydrogens (primary N) is 1. The Balaban J connectivity index is 2.36. The smallest absolute Gasteiger partial charge is 0.252 e. The Hall–Kier alpha value is -3.70. The van der Waals surface area contributed by atoms with Crippen LogP contribution in [0.15, 0.2) is 36.3 Å². The third kappa shape index (κ3) is 4.57. The van der Waals surface area contributed by atoms with E-state index in [4.69, 9.17) is 12.3 Å². The molecule has 0 fully saturated rings. The summed E-state index contributed by atoms with van der Waals surface area (Å²) < 4.78 is 1.88. The fraction of sp³-hybridized carbons (Fsp3) is 0.304. The molecule has 0 saturated carbocycles. The van der Waals surface area contributed by atoms with Gasteiger partial charge >= 0.3 is 0 Å². The van der Waals surface area contributed by atoms with Gasteiger partial charge in [-0.1, -0.05) is 29.8 Å². The highest BCUT2D eigenvalue weighted by Gasteiger charge is 2.22. The summed E-state index contributed by atoms with van der Waals surface area (Å²) in [6, 6.07) is 7.81. The lowest BCUT2D eigenvalue weighted by Gasteiger charge is -2.11. The van der Waals surface area contributed by atoms with E-state index in [9.17, 15) is 9.90 Å². The standard InChI is InChI=1S/C23H26N6O2/c1-14(2)28-23(31)17(25-4)12-18-19(16-8-6-15(3)7-9-16)20-21(24)26-13-27-22(20)29(18)10-5-11-30/h6-9,12-14,30H,5,10-11H2,1-3H3,(H,28,31)(H2,24,26,27)/b17-12-. The number of anilines is 1. The number of carbonyl (C=O) groups is 1. The molecule has 3 aromatic rings. The molecule has 1 aromatic carbocycles. The molecule has 2 aromatic heterocycles. The van der Waals surface area contributed by atoms with Crippen molar-refractivity contribution in [2.75, 3.05) is 12.3 Å². The molecular weight excluding hydrogens is 392 g/mol. The number of carbonyl (C=O) groups excluding carboxylic acids is 1. The number of nitrogen functional groups attached to an aromatic ring is 1. The predicted molar refractivity (Wildman–Crippen MR) is 122 cm³/mol. The van der Waals surface area contributed by atoms with Crippen molar-refractivity contribution >= 4 is 28.8 Å². The van der Waals surface area contributed by atoms with E-state index in [2.05, 4.69) is 20.1 Å². The summed E-state index contributed by atoms with van der Waals surface area (Å²) in [5, 5.41) is 12.8. The first-order chi connectivity index (χ1) is 14.9. The minimum atomic E-state index is -0.446. The van der Waals surface area contributed by atoms with Crippen LogP contribution in [0.1, 0.15) is 31.5 Å². The number of amides is 1. The molecule has 160 valence electrons. The topological polar surface area (TPSA) is 110 Å². The fourth-order valence-corrected chi connectivity index (χ4v) is 3.44. The van der Waals surface area contributed by atoms with Crippen LogP contribution >= 0.6 is 0 Å². The fourth-order valence-electron chi connectivity index (χ4n) is 3.44. The average Bonchev–Trinajstić information content (AvgIpc) is 3.04. The summed E-state index contributed by atoms with van der Waals surface area (Å²) in [6.07, 6.45) is 3.44. The molecule has 8 heteroatoms. The van der Waals surface area contributed by atoms with E-state index in [1.807, 2.05) is 49.6 Å². The van der Waals surface area contributed by atoms with E-state index in [1.54, 1.807) is 6.08 Å². The molecule has 0 unspecified atom stereocenters. The molecule has 0 spiro atoms. The third-order valence-electron chi connectivity index (χ3n) is 4.84. The summed E-state index contributed by atoms with van der Waals surface area (Å²) in [4.78, 5) is 24.7. The summed E-state index contributed by atoms with van der Waals surface area (Å²) in [7, 11) is 0. The number of nitrogens with one attached hydrogen (secondary N) is 1. The number of fused-ring (bicyclic) bond motifs is 1. The van der Waals surface area contributed by atoms with Gasteiger partial charge in [0.25, 0.3) is 11.6 Å². The van der Waals surface area contributed by atoms with Gasteiger partial charge in [-0.2, -0.15) is 0 Å². The summed E-state index contributed by atoms with van der Waals surface area (Å²) in [5.74, 6) is -0.133. The van der Waals surface area contributed by atoms with Crippen LogP contribution in [-0.4, -0.2) is 38.2 Å². The summed E-state index contributed by atoms with van der Waals surface area (Å²) in [6.45, 7) is 13.7. The number of hydrogen-bond donors (Lipinski definition) is 3. The normalized spacial score (nSPS) is 11.7. The molecule has 1 amide bonds. The second-order valence-corrected chi connectivity index (χ2v) is 7.58. The third-order valence-corrected chi connectivity index (χ3v) is 4.84. The number of aliphatic hydroxyl groups excluding tert-OH is 1. The summed E-state index contributed by atoms with van der Waals surface area (Å²) in [5.41, 5.74) is 10.2. The zero-order valence-electron chi connectivity index (χ0n) is 17.9. The number of aromatic nitrogens is 3. The first-order valence-electron chi connectivity index (χ1n) is 10.1. The van der Waals surface area contributed by atoms with Crippen LogP contribution in [0, 0.1) is 13.5 Å². The van der Waals surface area contributed by atoms with Gasteiger partial charge in [0.2, 0.25) is 0 Å². The number of aryl methyl sites for hydroxylation is 2. The van der Waals surface area contributed by atoms with E-state index >= 15 is 0 Å². The Morgan fingerprint density at radius 3 is 2.65 bits per heavy atom. The van der Waals surface area contributed by atoms with Crippen LogP contribution in [0.5, 0.6) is 0 Å². The van der Waals surface area contributed by atoms with Gasteiger partial charge in [0.05, 0.1) is 12.0 Å². The molecule has 0 saturated heterocycles. The lowest BCUT2D eigenvalue weighted by molar-refractivity contribution is -0.117. The van der Waals surface area contributed by atoms with E-state index < -0.39 is 5.91 Å². The molecule has 31 heavy (non-hydrogen) atoms. The molecule has 4 N–H and O–H groups in total. The average molecular weight is 419 g/mol. The second kappa shape index (κ2) is 9.41. The predicted octanol–water partition coefficient (Wildman–Crippen LogP) is 3.16. The van der Waals surface area contributed by atoms with Gasteiger partial charge < -0.3 is 20.7 Å². The van der Waals surface area contributed by atoms with Crippen molar-refractivity contribution in [2.45, 2.75) is 39.8 Å². The van der Waals surface area contributed by atoms with Gasteiger partial charge in [0.1, 0.15) is 17.8 Å². The maximum Gasteiger partial charge on any atom is 0.252 e. The maximum absolute atomic E-state index is 12.6. The van der Waals surface area contributed by atoms with E-state index in [0.29, 0.717) is 35.5 Å². The maximum atomic E-state index is 12.6. The molecule has 2 heterocycles. The van der Waals surface area contributed by atoms with E-state index in [1.165, 1.54) is 6.33 Å². The SMILES string of the molecule is [C-]#[N+]/C(=C\c1c(-c2ccc(C)cc2)c2c(N)ncnc2n1CCCO)C(=O)NC(C)C. The molecule has 0 radical (unpaired) electrons. The van der Waals surface area contributed by atoms with Crippen LogP contribution in [0.4, 0.5) is 5.82 Å². The van der Waals surface area contributed by atoms with E-state index in [-0.39, 0.29) is 18.3 Å². The van der Waals surface area contributed by atoms with E-state index in [0.717, 1.165) is 16.7 Å². The molecular formula is C23H26N6O2. The molecule has 3 rings (SSSR count). The molecule has 0 bridgehead atoms. The van der Waals surface area contributed by atoms with Crippen molar-refractivity contribution in [1.82, 2.24) is 19.9 Å². The first-order valence-corrected chi connectivity index (χ1v) is 10.1. The van der Waals surface area contributed by atoms with Gasteiger partial charge in [-0.25, -0.2) is 14.8 Å². The van der Waals surface area contributed by atoms with Gasteiger partial charge in [0, 0.05) is 30.5 Å². The highest BCUT2D eigenvalue weighted by Crippen LogP contribution is 2.38. The Kier molecular flexibility index (Phi) is 6.68. The van der Waals surface area contributed by atoms with Gasteiger partial charge in [-0.05, 0) is 38.8 Å². The van der Waals surface area contributed by atoms with Crippen LogP contribution < -0.4 is 11.1 Å². The highest BCUT2D eigenvalue weighted by atomic mass is 16.3. The van der Waals surface area contributed by atoms with Crippen LogP contribution in [0.25, 0.3) is 33.1 Å². The van der Waals surface area contributed by atoms with Crippen molar-refractivity contribution in [3.63, 3.8) is 0 Å². The van der Waals surface area contributed by atoms with Crippen molar-refractivity contribution in [3.05, 3.63) is 59.0 Å². The van der Waals surface area contributed by atoms with Crippen molar-refractivity contribution in [2.24, 2.45) is 0 Å². The molecule has 0 aliphatic carbocycles. The largest absolute Gasteiger partial charge is 0.396 e. The zero-order valence-corrected chi connectivity index (χ0v) is 17.9. The lowest BCUT2D eigenvalue weighted by atomic mass is 10.0.